The zero-order valence-corrected chi connectivity index (χ0v) is 9.86. The van der Waals surface area contributed by atoms with E-state index in [4.69, 9.17) is 10.4 Å². The second-order valence-corrected chi connectivity index (χ2v) is 4.11. The normalized spacial score (nSPS) is 14.0. The lowest BCUT2D eigenvalue weighted by Crippen LogP contribution is -2.43. The number of H-pyrrole nitrogens is 1. The first kappa shape index (κ1) is 13.2. The summed E-state index contributed by atoms with van der Waals surface area (Å²) in [4.78, 5) is 25.1. The van der Waals surface area contributed by atoms with Crippen molar-refractivity contribution in [3.05, 3.63) is 32.6 Å². The fourth-order valence-corrected chi connectivity index (χ4v) is 1.66. The zero-order valence-electron chi connectivity index (χ0n) is 9.86. The van der Waals surface area contributed by atoms with E-state index in [0.717, 1.165) is 0 Å². The van der Waals surface area contributed by atoms with Crippen LogP contribution < -0.4 is 11.2 Å². The molecule has 0 spiro atoms. The second-order valence-electron chi connectivity index (χ2n) is 4.11. The first-order valence-corrected chi connectivity index (χ1v) is 5.36. The quantitative estimate of drug-likeness (QED) is 0.764. The van der Waals surface area contributed by atoms with Crippen LogP contribution in [0.5, 0.6) is 0 Å². The molecule has 6 nitrogen and oxygen atoms in total. The number of aliphatic hydroxyl groups is 1. The Balaban J connectivity index is 3.46. The van der Waals surface area contributed by atoms with Gasteiger partial charge in [0.1, 0.15) is 11.6 Å². The van der Waals surface area contributed by atoms with Crippen LogP contribution in [0.15, 0.2) is 15.8 Å². The van der Waals surface area contributed by atoms with Crippen molar-refractivity contribution in [1.82, 2.24) is 9.55 Å². The molecule has 0 aliphatic carbocycles. The molecule has 0 bridgehead atoms. The number of aromatic amines is 1. The summed E-state index contributed by atoms with van der Waals surface area (Å²) in [6.07, 6.45) is 2.23. The van der Waals surface area contributed by atoms with Gasteiger partial charge in [-0.15, -0.1) is 0 Å². The molecule has 0 aromatic carbocycles. The lowest BCUT2D eigenvalue weighted by atomic mass is 9.94. The van der Waals surface area contributed by atoms with E-state index in [2.05, 4.69) is 4.98 Å². The van der Waals surface area contributed by atoms with Crippen LogP contribution in [0, 0.1) is 11.3 Å². The summed E-state index contributed by atoms with van der Waals surface area (Å²) in [5.74, 6) is 0. The lowest BCUT2D eigenvalue weighted by Gasteiger charge is -2.29. The Labute approximate surface area is 98.1 Å². The highest BCUT2D eigenvalue weighted by molar-refractivity contribution is 5.22. The lowest BCUT2D eigenvalue weighted by molar-refractivity contribution is 0.188. The second kappa shape index (κ2) is 4.97. The van der Waals surface area contributed by atoms with E-state index in [0.29, 0.717) is 12.8 Å². The third-order valence-electron chi connectivity index (χ3n) is 3.06. The summed E-state index contributed by atoms with van der Waals surface area (Å²) in [6, 6.07) is 1.74. The topological polar surface area (TPSA) is 98.9 Å². The van der Waals surface area contributed by atoms with Gasteiger partial charge >= 0.3 is 5.69 Å². The van der Waals surface area contributed by atoms with Gasteiger partial charge in [0.25, 0.3) is 5.56 Å². The molecule has 0 saturated heterocycles. The number of aliphatic hydroxyl groups excluding tert-OH is 1. The van der Waals surface area contributed by atoms with Crippen LogP contribution in [-0.4, -0.2) is 21.3 Å². The number of rotatable bonds is 4. The minimum absolute atomic E-state index is 0.0716. The molecule has 1 aromatic heterocycles. The standard InChI is InChI=1S/C11H15N3O3/c1-3-11(2,4-5-15)14-7-8(6-12)9(16)13-10(14)17/h7,15H,3-5H2,1-2H3,(H,13,16,17). The third-order valence-corrected chi connectivity index (χ3v) is 3.06. The Morgan fingerprint density at radius 2 is 2.24 bits per heavy atom. The van der Waals surface area contributed by atoms with Crippen LogP contribution in [0.4, 0.5) is 0 Å². The van der Waals surface area contributed by atoms with Crippen LogP contribution in [0.25, 0.3) is 0 Å². The predicted octanol–water partition coefficient (Wildman–Crippen LogP) is -0.0841. The zero-order chi connectivity index (χ0) is 13.1. The predicted molar refractivity (Wildman–Crippen MR) is 61.7 cm³/mol. The van der Waals surface area contributed by atoms with Gasteiger partial charge in [0, 0.05) is 18.3 Å². The first-order valence-electron chi connectivity index (χ1n) is 5.36. The van der Waals surface area contributed by atoms with Gasteiger partial charge in [-0.05, 0) is 19.8 Å². The Morgan fingerprint density at radius 1 is 1.59 bits per heavy atom. The molecule has 0 radical (unpaired) electrons. The molecule has 0 amide bonds. The molecule has 2 N–H and O–H groups in total. The van der Waals surface area contributed by atoms with Crippen molar-refractivity contribution >= 4 is 0 Å². The van der Waals surface area contributed by atoms with Crippen molar-refractivity contribution in [2.24, 2.45) is 0 Å². The van der Waals surface area contributed by atoms with Gasteiger partial charge in [0.15, 0.2) is 0 Å². The number of nitrogens with one attached hydrogen (secondary N) is 1. The summed E-state index contributed by atoms with van der Waals surface area (Å²) >= 11 is 0. The monoisotopic (exact) mass is 237 g/mol. The minimum Gasteiger partial charge on any atom is -0.396 e. The molecule has 0 aliphatic rings. The van der Waals surface area contributed by atoms with Crippen molar-refractivity contribution in [1.29, 1.82) is 5.26 Å². The van der Waals surface area contributed by atoms with Crippen molar-refractivity contribution < 1.29 is 5.11 Å². The van der Waals surface area contributed by atoms with Gasteiger partial charge < -0.3 is 5.11 Å². The van der Waals surface area contributed by atoms with E-state index in [9.17, 15) is 9.59 Å². The van der Waals surface area contributed by atoms with E-state index in [1.807, 2.05) is 6.92 Å². The molecule has 92 valence electrons. The number of hydrogen-bond acceptors (Lipinski definition) is 4. The maximum Gasteiger partial charge on any atom is 0.328 e. The van der Waals surface area contributed by atoms with Gasteiger partial charge in [-0.3, -0.25) is 14.3 Å². The maximum absolute atomic E-state index is 11.7. The summed E-state index contributed by atoms with van der Waals surface area (Å²) in [5.41, 5.74) is -1.97. The van der Waals surface area contributed by atoms with Crippen molar-refractivity contribution in [3.63, 3.8) is 0 Å². The largest absolute Gasteiger partial charge is 0.396 e. The fraction of sp³-hybridized carbons (Fsp3) is 0.545. The molecule has 1 rings (SSSR count). The van der Waals surface area contributed by atoms with Crippen LogP contribution in [0.1, 0.15) is 32.3 Å². The molecule has 0 fully saturated rings. The molecule has 1 atom stereocenters. The van der Waals surface area contributed by atoms with Gasteiger partial charge in [-0.25, -0.2) is 4.79 Å². The maximum atomic E-state index is 11.7. The Bertz CT molecular complexity index is 552. The molecule has 17 heavy (non-hydrogen) atoms. The molecule has 1 heterocycles. The number of nitrogens with zero attached hydrogens (tertiary/aromatic N) is 2. The van der Waals surface area contributed by atoms with Crippen LogP contribution in [-0.2, 0) is 5.54 Å². The smallest absolute Gasteiger partial charge is 0.328 e. The van der Waals surface area contributed by atoms with E-state index < -0.39 is 16.8 Å². The molecule has 1 aromatic rings. The van der Waals surface area contributed by atoms with E-state index in [-0.39, 0.29) is 12.2 Å². The van der Waals surface area contributed by atoms with Gasteiger partial charge in [-0.1, -0.05) is 6.92 Å². The minimum atomic E-state index is -0.684. The van der Waals surface area contributed by atoms with Gasteiger partial charge in [0.2, 0.25) is 0 Å². The van der Waals surface area contributed by atoms with Crippen LogP contribution >= 0.6 is 0 Å². The van der Waals surface area contributed by atoms with E-state index in [1.54, 1.807) is 13.0 Å². The van der Waals surface area contributed by atoms with Crippen LogP contribution in [0.2, 0.25) is 0 Å². The molecule has 0 aliphatic heterocycles. The molecule has 1 unspecified atom stereocenters. The molecule has 6 heteroatoms. The third kappa shape index (κ3) is 2.45. The van der Waals surface area contributed by atoms with E-state index >= 15 is 0 Å². The number of aromatic nitrogens is 2. The summed E-state index contributed by atoms with van der Waals surface area (Å²) in [5, 5.41) is 17.8. The number of nitriles is 1. The Kier molecular flexibility index (Phi) is 3.86. The van der Waals surface area contributed by atoms with Gasteiger partial charge in [-0.2, -0.15) is 5.26 Å². The van der Waals surface area contributed by atoms with Gasteiger partial charge in [0.05, 0.1) is 0 Å². The Morgan fingerprint density at radius 3 is 2.71 bits per heavy atom. The average Bonchev–Trinajstić information content (AvgIpc) is 2.29. The van der Waals surface area contributed by atoms with E-state index in [1.165, 1.54) is 10.8 Å². The average molecular weight is 237 g/mol. The highest BCUT2D eigenvalue weighted by Gasteiger charge is 2.25. The summed E-state index contributed by atoms with van der Waals surface area (Å²) in [6.45, 7) is 3.60. The highest BCUT2D eigenvalue weighted by Crippen LogP contribution is 2.22. The molecule has 0 saturated carbocycles. The first-order chi connectivity index (χ1) is 7.98. The summed E-state index contributed by atoms with van der Waals surface area (Å²) in [7, 11) is 0. The Hall–Kier alpha value is -1.87. The molecular weight excluding hydrogens is 222 g/mol. The molecular formula is C11H15N3O3. The fourth-order valence-electron chi connectivity index (χ4n) is 1.66. The SMILES string of the molecule is CCC(C)(CCO)n1cc(C#N)c(=O)[nH]c1=O. The number of hydrogen-bond donors (Lipinski definition) is 2. The summed E-state index contributed by atoms with van der Waals surface area (Å²) < 4.78 is 1.31. The van der Waals surface area contributed by atoms with Crippen molar-refractivity contribution in [2.75, 3.05) is 6.61 Å². The van der Waals surface area contributed by atoms with Crippen LogP contribution in [0.3, 0.4) is 0 Å². The van der Waals surface area contributed by atoms with Crippen molar-refractivity contribution in [2.45, 2.75) is 32.2 Å². The highest BCUT2D eigenvalue weighted by atomic mass is 16.3. The van der Waals surface area contributed by atoms with Crippen molar-refractivity contribution in [3.8, 4) is 6.07 Å².